The molecule has 0 fully saturated rings. The van der Waals surface area contributed by atoms with E-state index in [1.165, 1.54) is 0 Å². The predicted octanol–water partition coefficient (Wildman–Crippen LogP) is 2.45. The van der Waals surface area contributed by atoms with E-state index >= 15 is 0 Å². The van der Waals surface area contributed by atoms with E-state index in [1.54, 1.807) is 0 Å². The first-order valence-electron chi connectivity index (χ1n) is 5.93. The number of ketones is 1. The van der Waals surface area contributed by atoms with Crippen LogP contribution in [0.1, 0.15) is 40.5 Å². The normalized spacial score (nSPS) is 20.2. The molecular weight excluding hydrogens is 200 g/mol. The molecule has 0 heterocycles. The van der Waals surface area contributed by atoms with E-state index in [9.17, 15) is 4.79 Å². The number of rotatable bonds is 3. The molecule has 0 bridgehead atoms. The van der Waals surface area contributed by atoms with Crippen molar-refractivity contribution in [2.24, 2.45) is 5.41 Å². The molecule has 0 radical (unpaired) electrons. The third-order valence-electron chi connectivity index (χ3n) is 2.85. The van der Waals surface area contributed by atoms with Crippen LogP contribution in [0.25, 0.3) is 0 Å². The van der Waals surface area contributed by atoms with Crippen molar-refractivity contribution in [1.82, 2.24) is 10.0 Å². The lowest BCUT2D eigenvalue weighted by molar-refractivity contribution is -0.117. The van der Waals surface area contributed by atoms with Crippen molar-refractivity contribution in [3.63, 3.8) is 0 Å². The molecule has 0 aromatic carbocycles. The molecule has 0 N–H and O–H groups in total. The second kappa shape index (κ2) is 4.58. The first kappa shape index (κ1) is 13.2. The highest BCUT2D eigenvalue weighted by atomic mass is 16.1. The number of hydrazine groups is 1. The van der Waals surface area contributed by atoms with E-state index in [0.717, 1.165) is 12.1 Å². The molecule has 1 aliphatic carbocycles. The summed E-state index contributed by atoms with van der Waals surface area (Å²) in [6.07, 6.45) is 3.44. The molecule has 92 valence electrons. The van der Waals surface area contributed by atoms with Crippen molar-refractivity contribution in [1.29, 1.82) is 0 Å². The van der Waals surface area contributed by atoms with Gasteiger partial charge >= 0.3 is 0 Å². The van der Waals surface area contributed by atoms with E-state index in [4.69, 9.17) is 0 Å². The lowest BCUT2D eigenvalue weighted by atomic mass is 9.78. The quantitative estimate of drug-likeness (QED) is 0.688. The van der Waals surface area contributed by atoms with Gasteiger partial charge in [0, 0.05) is 38.3 Å². The first-order chi connectivity index (χ1) is 7.23. The predicted molar refractivity (Wildman–Crippen MR) is 66.8 cm³/mol. The highest BCUT2D eigenvalue weighted by molar-refractivity contribution is 5.91. The molecule has 0 aromatic rings. The Hall–Kier alpha value is -0.830. The van der Waals surface area contributed by atoms with Crippen LogP contribution in [-0.2, 0) is 4.79 Å². The zero-order valence-electron chi connectivity index (χ0n) is 11.4. The topological polar surface area (TPSA) is 23.6 Å². The zero-order chi connectivity index (χ0) is 12.5. The van der Waals surface area contributed by atoms with Crippen LogP contribution < -0.4 is 0 Å². The Labute approximate surface area is 99.1 Å². The summed E-state index contributed by atoms with van der Waals surface area (Å²) >= 11 is 0. The molecule has 1 aliphatic rings. The third-order valence-corrected chi connectivity index (χ3v) is 2.85. The molecule has 0 saturated heterocycles. The summed E-state index contributed by atoms with van der Waals surface area (Å²) in [7, 11) is 4.04. The van der Waals surface area contributed by atoms with Gasteiger partial charge in [-0.15, -0.1) is 0 Å². The Bertz CT molecular complexity index is 295. The van der Waals surface area contributed by atoms with Crippen molar-refractivity contribution in [2.75, 3.05) is 14.1 Å². The van der Waals surface area contributed by atoms with E-state index in [0.29, 0.717) is 12.5 Å². The van der Waals surface area contributed by atoms with Crippen LogP contribution in [-0.4, -0.2) is 35.9 Å². The molecule has 0 atom stereocenters. The standard InChI is InChI=1S/C13H24N2O/c1-10(2)15(14(5)6)11-7-12(16)9-13(3,4)8-11/h7,10H,8-9H2,1-6H3. The van der Waals surface area contributed by atoms with Crippen LogP contribution in [0.5, 0.6) is 0 Å². The summed E-state index contributed by atoms with van der Waals surface area (Å²) in [5, 5.41) is 4.25. The van der Waals surface area contributed by atoms with Gasteiger partial charge in [0.1, 0.15) is 0 Å². The van der Waals surface area contributed by atoms with E-state index in [2.05, 4.69) is 37.7 Å². The second-order valence-electron chi connectivity index (χ2n) is 5.91. The molecule has 0 saturated carbocycles. The van der Waals surface area contributed by atoms with E-state index in [1.807, 2.05) is 20.2 Å². The summed E-state index contributed by atoms with van der Waals surface area (Å²) in [6.45, 7) is 8.61. The highest BCUT2D eigenvalue weighted by Gasteiger charge is 2.31. The minimum Gasteiger partial charge on any atom is -0.308 e. The molecule has 1 rings (SSSR count). The van der Waals surface area contributed by atoms with Gasteiger partial charge in [0.2, 0.25) is 0 Å². The third kappa shape index (κ3) is 3.08. The summed E-state index contributed by atoms with van der Waals surface area (Å²) in [5.41, 5.74) is 1.23. The molecular formula is C13H24N2O. The van der Waals surface area contributed by atoms with Crippen LogP contribution in [0.15, 0.2) is 11.8 Å². The first-order valence-corrected chi connectivity index (χ1v) is 5.93. The molecule has 3 heteroatoms. The fourth-order valence-electron chi connectivity index (χ4n) is 2.51. The number of hydrogen-bond acceptors (Lipinski definition) is 3. The van der Waals surface area contributed by atoms with Crippen LogP contribution in [0, 0.1) is 5.41 Å². The van der Waals surface area contributed by atoms with Crippen molar-refractivity contribution in [2.45, 2.75) is 46.6 Å². The fourth-order valence-corrected chi connectivity index (χ4v) is 2.51. The fraction of sp³-hybridized carbons (Fsp3) is 0.769. The second-order valence-corrected chi connectivity index (χ2v) is 5.91. The number of nitrogens with zero attached hydrogens (tertiary/aromatic N) is 2. The van der Waals surface area contributed by atoms with Gasteiger partial charge in [-0.3, -0.25) is 4.79 Å². The molecule has 0 aliphatic heterocycles. The molecule has 0 amide bonds. The van der Waals surface area contributed by atoms with Crippen molar-refractivity contribution < 1.29 is 4.79 Å². The maximum Gasteiger partial charge on any atom is 0.158 e. The summed E-state index contributed by atoms with van der Waals surface area (Å²) < 4.78 is 0. The monoisotopic (exact) mass is 224 g/mol. The van der Waals surface area contributed by atoms with Gasteiger partial charge in [0.05, 0.1) is 0 Å². The van der Waals surface area contributed by atoms with Crippen LogP contribution >= 0.6 is 0 Å². The zero-order valence-corrected chi connectivity index (χ0v) is 11.4. The van der Waals surface area contributed by atoms with Gasteiger partial charge < -0.3 is 5.01 Å². The largest absolute Gasteiger partial charge is 0.308 e. The Balaban J connectivity index is 2.97. The van der Waals surface area contributed by atoms with Crippen molar-refractivity contribution in [3.05, 3.63) is 11.8 Å². The van der Waals surface area contributed by atoms with Crippen LogP contribution in [0.2, 0.25) is 0 Å². The lowest BCUT2D eigenvalue weighted by Crippen LogP contribution is -2.43. The van der Waals surface area contributed by atoms with E-state index < -0.39 is 0 Å². The Morgan fingerprint density at radius 3 is 2.19 bits per heavy atom. The highest BCUT2D eigenvalue weighted by Crippen LogP contribution is 2.35. The molecule has 16 heavy (non-hydrogen) atoms. The molecule has 0 aromatic heterocycles. The SMILES string of the molecule is CC(C)N(C1=CC(=O)CC(C)(C)C1)N(C)C. The molecule has 0 unspecified atom stereocenters. The van der Waals surface area contributed by atoms with Gasteiger partial charge in [0.25, 0.3) is 0 Å². The molecule has 3 nitrogen and oxygen atoms in total. The summed E-state index contributed by atoms with van der Waals surface area (Å²) in [6, 6.07) is 0.378. The Morgan fingerprint density at radius 1 is 1.25 bits per heavy atom. The maximum atomic E-state index is 11.7. The minimum absolute atomic E-state index is 0.0876. The van der Waals surface area contributed by atoms with Crippen molar-refractivity contribution in [3.8, 4) is 0 Å². The number of carbonyl (C=O) groups excluding carboxylic acids is 1. The van der Waals surface area contributed by atoms with Gasteiger partial charge in [-0.05, 0) is 25.7 Å². The number of allylic oxidation sites excluding steroid dienone is 2. The maximum absolute atomic E-state index is 11.7. The summed E-state index contributed by atoms with van der Waals surface area (Å²) in [4.78, 5) is 11.7. The van der Waals surface area contributed by atoms with Crippen molar-refractivity contribution >= 4 is 5.78 Å². The van der Waals surface area contributed by atoms with Crippen LogP contribution in [0.3, 0.4) is 0 Å². The van der Waals surface area contributed by atoms with Gasteiger partial charge in [-0.2, -0.15) is 0 Å². The number of carbonyl (C=O) groups is 1. The average molecular weight is 224 g/mol. The average Bonchev–Trinajstić information content (AvgIpc) is 1.96. The minimum atomic E-state index is 0.0876. The van der Waals surface area contributed by atoms with Crippen LogP contribution in [0.4, 0.5) is 0 Å². The van der Waals surface area contributed by atoms with Gasteiger partial charge in [-0.1, -0.05) is 13.8 Å². The van der Waals surface area contributed by atoms with Gasteiger partial charge in [-0.25, -0.2) is 5.01 Å². The Kier molecular flexibility index (Phi) is 3.79. The summed E-state index contributed by atoms with van der Waals surface area (Å²) in [5.74, 6) is 0.249. The lowest BCUT2D eigenvalue weighted by Gasteiger charge is -2.41. The van der Waals surface area contributed by atoms with E-state index in [-0.39, 0.29) is 11.2 Å². The smallest absolute Gasteiger partial charge is 0.158 e. The van der Waals surface area contributed by atoms with Gasteiger partial charge in [0.15, 0.2) is 5.78 Å². The molecule has 0 spiro atoms. The number of hydrogen-bond donors (Lipinski definition) is 0. The Morgan fingerprint density at radius 2 is 1.81 bits per heavy atom.